The number of aromatic nitrogens is 2. The standard InChI is InChI=1S/C5H6F3N3/c1-3-4(9)2-11(10-3)5(6,7)8/h2H,9H2,1H3. The van der Waals surface area contributed by atoms with Gasteiger partial charge in [0.05, 0.1) is 17.6 Å². The molecule has 1 rings (SSSR count). The van der Waals surface area contributed by atoms with E-state index in [0.717, 1.165) is 6.20 Å². The number of aryl methyl sites for hydroxylation is 1. The predicted molar refractivity (Wildman–Crippen MR) is 32.7 cm³/mol. The number of hydrogen-bond acceptors (Lipinski definition) is 2. The van der Waals surface area contributed by atoms with Gasteiger partial charge in [-0.15, -0.1) is 13.2 Å². The third-order valence-corrected chi connectivity index (χ3v) is 1.20. The van der Waals surface area contributed by atoms with E-state index in [9.17, 15) is 13.2 Å². The second-order valence-electron chi connectivity index (χ2n) is 2.08. The maximum absolute atomic E-state index is 11.8. The van der Waals surface area contributed by atoms with Gasteiger partial charge < -0.3 is 5.73 Å². The van der Waals surface area contributed by atoms with E-state index in [-0.39, 0.29) is 16.1 Å². The van der Waals surface area contributed by atoms with E-state index >= 15 is 0 Å². The summed E-state index contributed by atoms with van der Waals surface area (Å²) in [5.41, 5.74) is 5.38. The lowest BCUT2D eigenvalue weighted by Crippen LogP contribution is -2.17. The summed E-state index contributed by atoms with van der Waals surface area (Å²) >= 11 is 0. The molecule has 3 nitrogen and oxygen atoms in total. The van der Waals surface area contributed by atoms with Crippen molar-refractivity contribution in [2.24, 2.45) is 0 Å². The molecule has 0 atom stereocenters. The quantitative estimate of drug-likeness (QED) is 0.628. The first-order valence-corrected chi connectivity index (χ1v) is 2.80. The minimum Gasteiger partial charge on any atom is -0.396 e. The lowest BCUT2D eigenvalue weighted by Gasteiger charge is -2.03. The minimum atomic E-state index is -4.47. The molecule has 6 heteroatoms. The summed E-state index contributed by atoms with van der Waals surface area (Å²) < 4.78 is 35.4. The second kappa shape index (κ2) is 2.14. The fraction of sp³-hybridized carbons (Fsp3) is 0.400. The lowest BCUT2D eigenvalue weighted by molar-refractivity contribution is -0.212. The van der Waals surface area contributed by atoms with Crippen molar-refractivity contribution in [1.82, 2.24) is 9.78 Å². The first-order valence-electron chi connectivity index (χ1n) is 2.80. The van der Waals surface area contributed by atoms with Gasteiger partial charge in [-0.3, -0.25) is 0 Å². The minimum absolute atomic E-state index is 0.0438. The number of alkyl halides is 3. The molecule has 0 amide bonds. The highest BCUT2D eigenvalue weighted by Crippen LogP contribution is 2.23. The number of halogens is 3. The van der Waals surface area contributed by atoms with Crippen LogP contribution in [-0.4, -0.2) is 9.78 Å². The fourth-order valence-electron chi connectivity index (χ4n) is 0.603. The zero-order valence-corrected chi connectivity index (χ0v) is 5.68. The molecule has 0 unspecified atom stereocenters. The van der Waals surface area contributed by atoms with E-state index in [1.807, 2.05) is 0 Å². The number of nitrogens with two attached hydrogens (primary N) is 1. The Morgan fingerprint density at radius 3 is 2.27 bits per heavy atom. The van der Waals surface area contributed by atoms with Gasteiger partial charge in [0, 0.05) is 0 Å². The van der Waals surface area contributed by atoms with Crippen molar-refractivity contribution in [2.45, 2.75) is 13.2 Å². The molecule has 11 heavy (non-hydrogen) atoms. The Bertz CT molecular complexity index is 243. The van der Waals surface area contributed by atoms with Gasteiger partial charge >= 0.3 is 6.30 Å². The zero-order valence-electron chi connectivity index (χ0n) is 5.68. The molecule has 0 spiro atoms. The number of rotatable bonds is 0. The van der Waals surface area contributed by atoms with Crippen molar-refractivity contribution >= 4 is 5.69 Å². The average molecular weight is 165 g/mol. The van der Waals surface area contributed by atoms with Crippen LogP contribution in [0.2, 0.25) is 0 Å². The molecule has 1 heterocycles. The SMILES string of the molecule is Cc1nn(C(F)(F)F)cc1N. The number of nitrogens with zero attached hydrogens (tertiary/aromatic N) is 2. The smallest absolute Gasteiger partial charge is 0.396 e. The van der Waals surface area contributed by atoms with Gasteiger partial charge in [0.1, 0.15) is 0 Å². The lowest BCUT2D eigenvalue weighted by atomic mass is 10.4. The Kier molecular flexibility index (Phi) is 1.54. The second-order valence-corrected chi connectivity index (χ2v) is 2.08. The van der Waals surface area contributed by atoms with E-state index in [1.165, 1.54) is 6.92 Å². The molecule has 0 aliphatic heterocycles. The molecule has 0 saturated heterocycles. The number of hydrogen-bond donors (Lipinski definition) is 1. The third kappa shape index (κ3) is 1.44. The van der Waals surface area contributed by atoms with Gasteiger partial charge in [-0.25, -0.2) is 0 Å². The summed E-state index contributed by atoms with van der Waals surface area (Å²) in [4.78, 5) is 0. The summed E-state index contributed by atoms with van der Waals surface area (Å²) in [5, 5.41) is 3.15. The fourth-order valence-corrected chi connectivity index (χ4v) is 0.603. The van der Waals surface area contributed by atoms with E-state index in [1.54, 1.807) is 0 Å². The monoisotopic (exact) mass is 165 g/mol. The van der Waals surface area contributed by atoms with Crippen molar-refractivity contribution in [3.63, 3.8) is 0 Å². The van der Waals surface area contributed by atoms with Gasteiger partial charge in [-0.2, -0.15) is 9.78 Å². The molecular formula is C5H6F3N3. The van der Waals surface area contributed by atoms with Crippen LogP contribution in [0.3, 0.4) is 0 Å². The molecule has 62 valence electrons. The molecule has 2 N–H and O–H groups in total. The Morgan fingerprint density at radius 2 is 2.09 bits per heavy atom. The predicted octanol–water partition coefficient (Wildman–Crippen LogP) is 1.25. The molecule has 1 aromatic rings. The highest BCUT2D eigenvalue weighted by Gasteiger charge is 2.31. The largest absolute Gasteiger partial charge is 0.504 e. The topological polar surface area (TPSA) is 43.8 Å². The molecule has 0 radical (unpaired) electrons. The van der Waals surface area contributed by atoms with E-state index < -0.39 is 6.30 Å². The van der Waals surface area contributed by atoms with Gasteiger partial charge in [-0.1, -0.05) is 0 Å². The molecule has 1 aromatic heterocycles. The van der Waals surface area contributed by atoms with Crippen LogP contribution in [0.4, 0.5) is 18.9 Å². The van der Waals surface area contributed by atoms with Crippen molar-refractivity contribution < 1.29 is 13.2 Å². The summed E-state index contributed by atoms with van der Waals surface area (Å²) in [5.74, 6) is 0. The molecule has 0 aliphatic rings. The third-order valence-electron chi connectivity index (χ3n) is 1.20. The molecular weight excluding hydrogens is 159 g/mol. The van der Waals surface area contributed by atoms with Crippen molar-refractivity contribution in [1.29, 1.82) is 0 Å². The van der Waals surface area contributed by atoms with E-state index in [2.05, 4.69) is 5.10 Å². The van der Waals surface area contributed by atoms with Crippen LogP contribution < -0.4 is 5.73 Å². The number of anilines is 1. The van der Waals surface area contributed by atoms with Crippen LogP contribution in [-0.2, 0) is 6.30 Å². The summed E-state index contributed by atoms with van der Waals surface area (Å²) in [6.07, 6.45) is -3.72. The Labute approximate surface area is 60.6 Å². The summed E-state index contributed by atoms with van der Waals surface area (Å²) in [6.45, 7) is 1.41. The van der Waals surface area contributed by atoms with Crippen LogP contribution >= 0.6 is 0 Å². The highest BCUT2D eigenvalue weighted by atomic mass is 19.4. The Hall–Kier alpha value is -1.20. The molecule has 0 bridgehead atoms. The van der Waals surface area contributed by atoms with Gasteiger partial charge in [-0.05, 0) is 6.92 Å². The van der Waals surface area contributed by atoms with Gasteiger partial charge in [0.25, 0.3) is 0 Å². The van der Waals surface area contributed by atoms with Crippen LogP contribution in [0, 0.1) is 6.92 Å². The number of nitrogen functional groups attached to an aromatic ring is 1. The van der Waals surface area contributed by atoms with Crippen LogP contribution in [0.5, 0.6) is 0 Å². The Balaban J connectivity index is 3.08. The van der Waals surface area contributed by atoms with Crippen molar-refractivity contribution in [3.05, 3.63) is 11.9 Å². The zero-order chi connectivity index (χ0) is 8.65. The first kappa shape index (κ1) is 7.90. The van der Waals surface area contributed by atoms with Crippen LogP contribution in [0.1, 0.15) is 5.69 Å². The highest BCUT2D eigenvalue weighted by molar-refractivity contribution is 5.39. The van der Waals surface area contributed by atoms with Crippen LogP contribution in [0.25, 0.3) is 0 Å². The van der Waals surface area contributed by atoms with Gasteiger partial charge in [0.2, 0.25) is 0 Å². The van der Waals surface area contributed by atoms with E-state index in [0.29, 0.717) is 0 Å². The normalized spacial score (nSPS) is 12.0. The molecule has 0 saturated carbocycles. The van der Waals surface area contributed by atoms with Crippen molar-refractivity contribution in [3.8, 4) is 0 Å². The van der Waals surface area contributed by atoms with E-state index in [4.69, 9.17) is 5.73 Å². The average Bonchev–Trinajstić information content (AvgIpc) is 2.11. The molecule has 0 fully saturated rings. The molecule has 0 aliphatic carbocycles. The Morgan fingerprint density at radius 1 is 1.55 bits per heavy atom. The first-order chi connectivity index (χ1) is 4.91. The molecule has 0 aromatic carbocycles. The van der Waals surface area contributed by atoms with Crippen molar-refractivity contribution in [2.75, 3.05) is 5.73 Å². The van der Waals surface area contributed by atoms with Gasteiger partial charge in [0.15, 0.2) is 0 Å². The maximum atomic E-state index is 11.8. The summed E-state index contributed by atoms with van der Waals surface area (Å²) in [7, 11) is 0. The summed E-state index contributed by atoms with van der Waals surface area (Å²) in [6, 6.07) is 0. The maximum Gasteiger partial charge on any atom is 0.504 e. The van der Waals surface area contributed by atoms with Crippen LogP contribution in [0.15, 0.2) is 6.20 Å².